The third-order valence-corrected chi connectivity index (χ3v) is 4.88. The molecule has 4 aromatic rings. The summed E-state index contributed by atoms with van der Waals surface area (Å²) in [5.41, 5.74) is 8.08. The number of hydrogen-bond donors (Lipinski definition) is 2. The van der Waals surface area contributed by atoms with E-state index in [0.29, 0.717) is 5.58 Å². The molecule has 0 saturated carbocycles. The van der Waals surface area contributed by atoms with Crippen LogP contribution in [-0.2, 0) is 4.79 Å². The van der Waals surface area contributed by atoms with Gasteiger partial charge in [-0.2, -0.15) is 0 Å². The smallest absolute Gasteiger partial charge is 0.305 e. The molecule has 2 N–H and O–H groups in total. The van der Waals surface area contributed by atoms with Gasteiger partial charge < -0.3 is 4.42 Å². The molecule has 1 heterocycles. The normalized spacial score (nSPS) is 10.8. The molecule has 0 aliphatic carbocycles. The van der Waals surface area contributed by atoms with E-state index in [9.17, 15) is 9.59 Å². The van der Waals surface area contributed by atoms with Gasteiger partial charge in [-0.15, -0.1) is 0 Å². The van der Waals surface area contributed by atoms with E-state index < -0.39 is 11.8 Å². The highest BCUT2D eigenvalue weighted by atomic mass is 16.3. The highest BCUT2D eigenvalue weighted by Gasteiger charge is 2.24. The van der Waals surface area contributed by atoms with Gasteiger partial charge in [0.15, 0.2) is 5.76 Å². The largest absolute Gasteiger partial charge is 0.451 e. The van der Waals surface area contributed by atoms with Crippen LogP contribution in [0.4, 0.5) is 0 Å². The van der Waals surface area contributed by atoms with Gasteiger partial charge in [0.25, 0.3) is 0 Å². The number of aryl methyl sites for hydroxylation is 1. The van der Waals surface area contributed by atoms with Crippen LogP contribution in [0.15, 0.2) is 89.3 Å². The van der Waals surface area contributed by atoms with Crippen LogP contribution < -0.4 is 10.9 Å². The number of furan rings is 1. The summed E-state index contributed by atoms with van der Waals surface area (Å²) < 4.78 is 5.66. The van der Waals surface area contributed by atoms with E-state index >= 15 is 0 Å². The van der Waals surface area contributed by atoms with Gasteiger partial charge in [-0.3, -0.25) is 20.4 Å². The molecule has 29 heavy (non-hydrogen) atoms. The van der Waals surface area contributed by atoms with Crippen molar-refractivity contribution in [2.75, 3.05) is 0 Å². The third kappa shape index (κ3) is 3.75. The fourth-order valence-electron chi connectivity index (χ4n) is 3.42. The van der Waals surface area contributed by atoms with Crippen molar-refractivity contribution in [1.29, 1.82) is 0 Å². The molecule has 0 fully saturated rings. The second-order valence-electron chi connectivity index (χ2n) is 6.75. The fraction of sp³-hybridized carbons (Fsp3) is 0.0833. The number of nitrogens with one attached hydrogen (secondary N) is 2. The zero-order chi connectivity index (χ0) is 20.2. The van der Waals surface area contributed by atoms with Gasteiger partial charge in [0.05, 0.1) is 5.92 Å². The average molecular weight is 384 g/mol. The summed E-state index contributed by atoms with van der Waals surface area (Å²) >= 11 is 0. The lowest BCUT2D eigenvalue weighted by Crippen LogP contribution is -2.44. The molecule has 0 aliphatic rings. The summed E-state index contributed by atoms with van der Waals surface area (Å²) in [6.07, 6.45) is 0. The van der Waals surface area contributed by atoms with E-state index in [-0.39, 0.29) is 11.7 Å². The molecule has 4 rings (SSSR count). The molecule has 1 aromatic heterocycles. The van der Waals surface area contributed by atoms with E-state index in [2.05, 4.69) is 10.9 Å². The summed E-state index contributed by atoms with van der Waals surface area (Å²) in [7, 11) is 0. The molecule has 0 unspecified atom stereocenters. The molecule has 5 nitrogen and oxygen atoms in total. The Bertz CT molecular complexity index is 1110. The molecule has 3 aromatic carbocycles. The molecule has 0 radical (unpaired) electrons. The maximum Gasteiger partial charge on any atom is 0.305 e. The first-order valence-electron chi connectivity index (χ1n) is 9.33. The summed E-state index contributed by atoms with van der Waals surface area (Å²) in [6.45, 7) is 1.82. The molecule has 0 saturated heterocycles. The Morgan fingerprint density at radius 2 is 1.31 bits per heavy atom. The number of benzene rings is 3. The van der Waals surface area contributed by atoms with E-state index in [1.54, 1.807) is 6.07 Å². The molecular weight excluding hydrogens is 364 g/mol. The number of rotatable bonds is 4. The van der Waals surface area contributed by atoms with Crippen LogP contribution in [0.5, 0.6) is 0 Å². The standard InChI is InChI=1S/C24H20N2O3/c1-16-19-14-8-9-15-20(19)29-22(16)24(28)26-25-23(27)21(17-10-4-2-5-11-17)18-12-6-3-7-13-18/h2-15,21H,1H3,(H,25,27)(H,26,28). The molecule has 2 amide bonds. The van der Waals surface area contributed by atoms with Crippen LogP contribution in [0.1, 0.15) is 33.2 Å². The third-order valence-electron chi connectivity index (χ3n) is 4.88. The van der Waals surface area contributed by atoms with Crippen LogP contribution in [0.3, 0.4) is 0 Å². The number of fused-ring (bicyclic) bond motifs is 1. The average Bonchev–Trinajstić information content (AvgIpc) is 3.11. The molecule has 0 spiro atoms. The first-order chi connectivity index (χ1) is 14.1. The number of para-hydroxylation sites is 1. The highest BCUT2D eigenvalue weighted by molar-refractivity contribution is 6.00. The Kier molecular flexibility index (Phi) is 5.12. The van der Waals surface area contributed by atoms with Gasteiger partial charge in [-0.25, -0.2) is 0 Å². The van der Waals surface area contributed by atoms with Gasteiger partial charge >= 0.3 is 5.91 Å². The first kappa shape index (κ1) is 18.5. The second kappa shape index (κ2) is 8.02. The Labute approximate surface area is 168 Å². The number of hydrazine groups is 1. The van der Waals surface area contributed by atoms with Gasteiger partial charge in [0.1, 0.15) is 5.58 Å². The summed E-state index contributed by atoms with van der Waals surface area (Å²) in [5.74, 6) is -1.19. The van der Waals surface area contributed by atoms with E-state index in [0.717, 1.165) is 22.1 Å². The van der Waals surface area contributed by atoms with Crippen molar-refractivity contribution in [2.45, 2.75) is 12.8 Å². The van der Waals surface area contributed by atoms with Crippen molar-refractivity contribution in [3.05, 3.63) is 107 Å². The molecular formula is C24H20N2O3. The lowest BCUT2D eigenvalue weighted by Gasteiger charge is -2.18. The Hall–Kier alpha value is -3.86. The summed E-state index contributed by atoms with van der Waals surface area (Å²) in [4.78, 5) is 25.6. The van der Waals surface area contributed by atoms with E-state index in [1.165, 1.54) is 0 Å². The second-order valence-corrected chi connectivity index (χ2v) is 6.75. The Morgan fingerprint density at radius 3 is 1.90 bits per heavy atom. The van der Waals surface area contributed by atoms with Gasteiger partial charge in [-0.1, -0.05) is 78.9 Å². The summed E-state index contributed by atoms with van der Waals surface area (Å²) in [6, 6.07) is 26.3. The maximum absolute atomic E-state index is 13.0. The van der Waals surface area contributed by atoms with Gasteiger partial charge in [-0.05, 0) is 24.1 Å². The molecule has 0 aliphatic heterocycles. The van der Waals surface area contributed by atoms with Crippen molar-refractivity contribution in [2.24, 2.45) is 0 Å². The topological polar surface area (TPSA) is 71.3 Å². The van der Waals surface area contributed by atoms with Crippen LogP contribution in [0, 0.1) is 6.92 Å². The van der Waals surface area contributed by atoms with Crippen LogP contribution in [0.2, 0.25) is 0 Å². The SMILES string of the molecule is Cc1c(C(=O)NNC(=O)C(c2ccccc2)c2ccccc2)oc2ccccc12. The lowest BCUT2D eigenvalue weighted by atomic mass is 9.91. The first-order valence-corrected chi connectivity index (χ1v) is 9.33. The molecule has 144 valence electrons. The Morgan fingerprint density at radius 1 is 0.759 bits per heavy atom. The van der Waals surface area contributed by atoms with Crippen LogP contribution >= 0.6 is 0 Å². The number of amides is 2. The number of hydrogen-bond acceptors (Lipinski definition) is 3. The summed E-state index contributed by atoms with van der Waals surface area (Å²) in [5, 5.41) is 0.871. The highest BCUT2D eigenvalue weighted by Crippen LogP contribution is 2.26. The van der Waals surface area contributed by atoms with Crippen molar-refractivity contribution in [3.8, 4) is 0 Å². The van der Waals surface area contributed by atoms with Crippen LogP contribution in [-0.4, -0.2) is 11.8 Å². The molecule has 5 heteroatoms. The number of carbonyl (C=O) groups is 2. The molecule has 0 atom stereocenters. The maximum atomic E-state index is 13.0. The minimum Gasteiger partial charge on any atom is -0.451 e. The quantitative estimate of drug-likeness (QED) is 0.514. The van der Waals surface area contributed by atoms with Gasteiger partial charge in [0.2, 0.25) is 5.91 Å². The lowest BCUT2D eigenvalue weighted by molar-refractivity contribution is -0.122. The van der Waals surface area contributed by atoms with Crippen molar-refractivity contribution in [3.63, 3.8) is 0 Å². The van der Waals surface area contributed by atoms with Crippen molar-refractivity contribution in [1.82, 2.24) is 10.9 Å². The number of carbonyl (C=O) groups excluding carboxylic acids is 2. The van der Waals surface area contributed by atoms with Gasteiger partial charge in [0, 0.05) is 10.9 Å². The minimum absolute atomic E-state index is 0.183. The Balaban J connectivity index is 1.55. The monoisotopic (exact) mass is 384 g/mol. The van der Waals surface area contributed by atoms with Crippen molar-refractivity contribution >= 4 is 22.8 Å². The van der Waals surface area contributed by atoms with E-state index in [4.69, 9.17) is 4.42 Å². The predicted molar refractivity (Wildman–Crippen MR) is 111 cm³/mol. The van der Waals surface area contributed by atoms with Crippen LogP contribution in [0.25, 0.3) is 11.0 Å². The zero-order valence-electron chi connectivity index (χ0n) is 15.9. The predicted octanol–water partition coefficient (Wildman–Crippen LogP) is 4.33. The minimum atomic E-state index is -0.547. The van der Waals surface area contributed by atoms with E-state index in [1.807, 2.05) is 85.8 Å². The molecule has 0 bridgehead atoms. The fourth-order valence-corrected chi connectivity index (χ4v) is 3.42. The van der Waals surface area contributed by atoms with Crippen molar-refractivity contribution < 1.29 is 14.0 Å². The zero-order valence-corrected chi connectivity index (χ0v) is 15.9.